The number of phenolic OH excluding ortho intramolecular Hbond substituents is 2. The number of benzene rings is 2. The van der Waals surface area contributed by atoms with E-state index in [1.165, 1.54) is 10.6 Å². The number of H-pyrrole nitrogens is 1. The van der Waals surface area contributed by atoms with Crippen molar-refractivity contribution in [3.8, 4) is 34.3 Å². The van der Waals surface area contributed by atoms with Crippen LogP contribution in [0.1, 0.15) is 25.3 Å². The van der Waals surface area contributed by atoms with Gasteiger partial charge in [-0.3, -0.25) is 0 Å². The lowest BCUT2D eigenvalue weighted by atomic mass is 9.98. The number of phenols is 2. The van der Waals surface area contributed by atoms with Gasteiger partial charge in [0.2, 0.25) is 0 Å². The Balaban J connectivity index is 2.08. The van der Waals surface area contributed by atoms with E-state index in [0.29, 0.717) is 35.7 Å². The first-order valence-electron chi connectivity index (χ1n) is 8.59. The monoisotopic (exact) mass is 370 g/mol. The smallest absolute Gasteiger partial charge is 0.348 e. The van der Waals surface area contributed by atoms with Crippen LogP contribution in [0.25, 0.3) is 17.1 Å². The van der Waals surface area contributed by atoms with E-state index in [4.69, 9.17) is 10.5 Å². The number of aromatic nitrogens is 3. The molecule has 8 heteroatoms. The molecule has 5 N–H and O–H groups in total. The molecule has 0 radical (unpaired) electrons. The number of hydrogen-bond donors (Lipinski definition) is 4. The molecule has 0 unspecified atom stereocenters. The van der Waals surface area contributed by atoms with Gasteiger partial charge in [-0.25, -0.2) is 14.5 Å². The van der Waals surface area contributed by atoms with Gasteiger partial charge in [0.25, 0.3) is 0 Å². The SMILES string of the molecule is CC(C)c1cc(-c2n[nH]c(=O)n2-c2ccc(OCCN)cc2)c(O)cc1O. The largest absolute Gasteiger partial charge is 0.508 e. The molecule has 142 valence electrons. The fourth-order valence-electron chi connectivity index (χ4n) is 2.82. The van der Waals surface area contributed by atoms with Crippen molar-refractivity contribution in [3.05, 3.63) is 52.4 Å². The molecule has 0 aliphatic rings. The highest BCUT2D eigenvalue weighted by atomic mass is 16.5. The summed E-state index contributed by atoms with van der Waals surface area (Å²) >= 11 is 0. The van der Waals surface area contributed by atoms with E-state index in [0.717, 1.165) is 0 Å². The first-order chi connectivity index (χ1) is 12.9. The molecule has 0 saturated heterocycles. The minimum Gasteiger partial charge on any atom is -0.508 e. The number of ether oxygens (including phenoxy) is 1. The van der Waals surface area contributed by atoms with Gasteiger partial charge in [0.15, 0.2) is 5.82 Å². The van der Waals surface area contributed by atoms with E-state index in [2.05, 4.69) is 10.2 Å². The second-order valence-corrected chi connectivity index (χ2v) is 6.40. The average Bonchev–Trinajstić information content (AvgIpc) is 3.01. The number of nitrogens with zero attached hydrogens (tertiary/aromatic N) is 2. The summed E-state index contributed by atoms with van der Waals surface area (Å²) in [5.74, 6) is 0.742. The van der Waals surface area contributed by atoms with Crippen molar-refractivity contribution in [1.82, 2.24) is 14.8 Å². The van der Waals surface area contributed by atoms with Gasteiger partial charge in [0.05, 0.1) is 11.3 Å². The summed E-state index contributed by atoms with van der Waals surface area (Å²) in [7, 11) is 0. The highest BCUT2D eigenvalue weighted by Gasteiger charge is 2.19. The summed E-state index contributed by atoms with van der Waals surface area (Å²) in [6.45, 7) is 4.65. The van der Waals surface area contributed by atoms with E-state index >= 15 is 0 Å². The third-order valence-electron chi connectivity index (χ3n) is 4.16. The zero-order chi connectivity index (χ0) is 19.6. The Bertz CT molecular complexity index is 990. The number of aromatic hydroxyl groups is 2. The highest BCUT2D eigenvalue weighted by molar-refractivity contribution is 5.69. The lowest BCUT2D eigenvalue weighted by Gasteiger charge is -2.13. The molecule has 0 amide bonds. The van der Waals surface area contributed by atoms with Crippen LogP contribution in [-0.4, -0.2) is 38.1 Å². The van der Waals surface area contributed by atoms with Crippen molar-refractivity contribution in [2.45, 2.75) is 19.8 Å². The highest BCUT2D eigenvalue weighted by Crippen LogP contribution is 2.37. The molecule has 0 fully saturated rings. The molecule has 3 aromatic rings. The topological polar surface area (TPSA) is 126 Å². The molecule has 0 aliphatic heterocycles. The van der Waals surface area contributed by atoms with Gasteiger partial charge < -0.3 is 20.7 Å². The van der Waals surface area contributed by atoms with Crippen molar-refractivity contribution in [2.24, 2.45) is 5.73 Å². The zero-order valence-electron chi connectivity index (χ0n) is 15.1. The molecule has 3 rings (SSSR count). The van der Waals surface area contributed by atoms with Gasteiger partial charge in [0.1, 0.15) is 23.9 Å². The van der Waals surface area contributed by atoms with Crippen molar-refractivity contribution in [1.29, 1.82) is 0 Å². The normalized spacial score (nSPS) is 11.1. The van der Waals surface area contributed by atoms with Crippen LogP contribution >= 0.6 is 0 Å². The van der Waals surface area contributed by atoms with E-state index in [9.17, 15) is 15.0 Å². The predicted octanol–water partition coefficient (Wildman–Crippen LogP) is 2.10. The summed E-state index contributed by atoms with van der Waals surface area (Å²) in [4.78, 5) is 12.3. The van der Waals surface area contributed by atoms with E-state index in [-0.39, 0.29) is 23.2 Å². The van der Waals surface area contributed by atoms with Gasteiger partial charge in [-0.05, 0) is 41.8 Å². The molecule has 0 saturated carbocycles. The van der Waals surface area contributed by atoms with E-state index in [1.807, 2.05) is 13.8 Å². The van der Waals surface area contributed by atoms with Gasteiger partial charge in [-0.15, -0.1) is 0 Å². The maximum Gasteiger partial charge on any atom is 0.348 e. The predicted molar refractivity (Wildman–Crippen MR) is 102 cm³/mol. The summed E-state index contributed by atoms with van der Waals surface area (Å²) in [6.07, 6.45) is 0. The molecule has 2 aromatic carbocycles. The maximum atomic E-state index is 12.3. The van der Waals surface area contributed by atoms with E-state index < -0.39 is 5.69 Å². The Labute approximate surface area is 155 Å². The van der Waals surface area contributed by atoms with Crippen molar-refractivity contribution < 1.29 is 14.9 Å². The second kappa shape index (κ2) is 7.55. The van der Waals surface area contributed by atoms with Crippen molar-refractivity contribution in [3.63, 3.8) is 0 Å². The van der Waals surface area contributed by atoms with Gasteiger partial charge >= 0.3 is 5.69 Å². The Kier molecular flexibility index (Phi) is 5.18. The summed E-state index contributed by atoms with van der Waals surface area (Å²) in [5.41, 5.74) is 6.53. The molecular formula is C19H22N4O4. The number of nitrogens with two attached hydrogens (primary N) is 1. The first-order valence-corrected chi connectivity index (χ1v) is 8.59. The Morgan fingerprint density at radius 3 is 2.52 bits per heavy atom. The molecule has 8 nitrogen and oxygen atoms in total. The lowest BCUT2D eigenvalue weighted by Crippen LogP contribution is -2.16. The van der Waals surface area contributed by atoms with Crippen molar-refractivity contribution >= 4 is 0 Å². The van der Waals surface area contributed by atoms with Crippen LogP contribution in [0.15, 0.2) is 41.2 Å². The van der Waals surface area contributed by atoms with E-state index in [1.54, 1.807) is 30.3 Å². The molecule has 27 heavy (non-hydrogen) atoms. The van der Waals surface area contributed by atoms with Crippen LogP contribution in [-0.2, 0) is 0 Å². The fourth-order valence-corrected chi connectivity index (χ4v) is 2.82. The van der Waals surface area contributed by atoms with Gasteiger partial charge in [-0.1, -0.05) is 13.8 Å². The number of aromatic amines is 1. The molecular weight excluding hydrogens is 348 g/mol. The molecule has 1 heterocycles. The molecule has 0 bridgehead atoms. The lowest BCUT2D eigenvalue weighted by molar-refractivity contribution is 0.328. The Morgan fingerprint density at radius 1 is 1.19 bits per heavy atom. The van der Waals surface area contributed by atoms with Crippen LogP contribution < -0.4 is 16.2 Å². The summed E-state index contributed by atoms with van der Waals surface area (Å²) in [6, 6.07) is 9.78. The van der Waals surface area contributed by atoms with Crippen LogP contribution in [0, 0.1) is 0 Å². The third-order valence-corrected chi connectivity index (χ3v) is 4.16. The zero-order valence-corrected chi connectivity index (χ0v) is 15.1. The van der Waals surface area contributed by atoms with Crippen LogP contribution in [0.5, 0.6) is 17.2 Å². The second-order valence-electron chi connectivity index (χ2n) is 6.40. The minimum atomic E-state index is -0.445. The Morgan fingerprint density at radius 2 is 1.89 bits per heavy atom. The summed E-state index contributed by atoms with van der Waals surface area (Å²) < 4.78 is 6.79. The number of rotatable bonds is 6. The van der Waals surface area contributed by atoms with Crippen LogP contribution in [0.3, 0.4) is 0 Å². The maximum absolute atomic E-state index is 12.3. The Hall–Kier alpha value is -3.26. The minimum absolute atomic E-state index is 0.00270. The molecule has 0 spiro atoms. The fraction of sp³-hybridized carbons (Fsp3) is 0.263. The van der Waals surface area contributed by atoms with Gasteiger partial charge in [-0.2, -0.15) is 5.10 Å². The molecule has 0 aliphatic carbocycles. The quantitative estimate of drug-likeness (QED) is 0.526. The first kappa shape index (κ1) is 18.5. The third kappa shape index (κ3) is 3.65. The molecule has 1 aromatic heterocycles. The number of nitrogens with one attached hydrogen (secondary N) is 1. The van der Waals surface area contributed by atoms with Crippen molar-refractivity contribution in [2.75, 3.05) is 13.2 Å². The number of hydrogen-bond acceptors (Lipinski definition) is 6. The molecule has 0 atom stereocenters. The van der Waals surface area contributed by atoms with Crippen LogP contribution in [0.2, 0.25) is 0 Å². The van der Waals surface area contributed by atoms with Gasteiger partial charge in [0, 0.05) is 12.6 Å². The average molecular weight is 370 g/mol. The standard InChI is InChI=1S/C19H22N4O4/c1-11(2)14-9-15(17(25)10-16(14)24)18-21-22-19(26)23(18)12-3-5-13(6-4-12)27-8-7-20/h3-6,9-11,24-25H,7-8,20H2,1-2H3,(H,22,26). The van der Waals surface area contributed by atoms with Crippen LogP contribution in [0.4, 0.5) is 0 Å². The summed E-state index contributed by atoms with van der Waals surface area (Å²) in [5, 5.41) is 26.8.